The van der Waals surface area contributed by atoms with Gasteiger partial charge in [0, 0.05) is 98.3 Å². The van der Waals surface area contributed by atoms with Gasteiger partial charge in [0.2, 0.25) is 63.7 Å². The maximum Gasteiger partial charge on any atom is 0.416 e. The van der Waals surface area contributed by atoms with Crippen LogP contribution in [0.5, 0.6) is 46.0 Å². The largest absolute Gasteiger partial charge is 0.456 e. The summed E-state index contributed by atoms with van der Waals surface area (Å²) in [6, 6.07) is 71.5. The number of halogens is 8. The summed E-state index contributed by atoms with van der Waals surface area (Å²) in [6.45, 7) is 1.47. The lowest BCUT2D eigenvalue weighted by Gasteiger charge is -2.18. The molecule has 4 aliphatic rings. The van der Waals surface area contributed by atoms with E-state index in [1.807, 2.05) is 12.1 Å². The van der Waals surface area contributed by atoms with Crippen LogP contribution >= 0.6 is 46.4 Å². The molecule has 133 heavy (non-hydrogen) atoms. The molecular formula is C93H70Cl4F4N12O16S4. The van der Waals surface area contributed by atoms with Crippen molar-refractivity contribution in [1.82, 2.24) is 0 Å². The molecule has 0 spiro atoms. The standard InChI is InChI=1S/C24H17ClF3N3O4S.C23H17ClFN3O4S.2C23H18ClN3O4S/c25-20-8-2-14(9-22(20)35-21-11-17(24(26,27)28)3-1-15(21)12-29)16-10-23(32)31(13-16)18-4-6-19(7-5-18)36(30,33)34;24-19-9-4-14(10-22(19)32-21-3-1-2-20(25)18(21)12-26)15-11-23(29)28(13-15)16-5-7-17(8-6-16)33(27,30)31;24-21-9-4-16(11-22(21)31-19-3-1-2-15(10-19)13-25)17-12-23(28)27(14-17)18-5-7-20(8-6-18)32(26,29)30;24-20-10-5-15(11-22(20)31-21-4-2-1-3-16(21)13-25)17-12-23(28)27(14-17)18-6-8-19(9-7-18)32(26,29)30/h1-9,11,16H,10,13H2,(H2,30,33,34);1-10,15H,11,13H2,(H2,27,30,31);2*1-11,17H,12,14H2,(H2,26,29,30)/t16-;15-;2*17-/m0000/s1. The van der Waals surface area contributed by atoms with Gasteiger partial charge in [-0.05, 0) is 229 Å². The van der Waals surface area contributed by atoms with Crippen molar-refractivity contribution in [3.63, 3.8) is 0 Å². The van der Waals surface area contributed by atoms with Crippen LogP contribution in [0.15, 0.2) is 274 Å². The Hall–Kier alpha value is -13.8. The Morgan fingerprint density at radius 3 is 0.977 bits per heavy atom. The van der Waals surface area contributed by atoms with Gasteiger partial charge in [-0.25, -0.2) is 58.6 Å². The molecule has 0 bridgehead atoms. The van der Waals surface area contributed by atoms with Crippen LogP contribution in [0.25, 0.3) is 0 Å². The lowest BCUT2D eigenvalue weighted by atomic mass is 9.98. The Morgan fingerprint density at radius 1 is 0.331 bits per heavy atom. The Bertz CT molecular complexity index is 7260. The van der Waals surface area contributed by atoms with Crippen LogP contribution in [0.3, 0.4) is 0 Å². The summed E-state index contributed by atoms with van der Waals surface area (Å²) in [7, 11) is -15.3. The van der Waals surface area contributed by atoms with Gasteiger partial charge in [-0.15, -0.1) is 0 Å². The predicted octanol–water partition coefficient (Wildman–Crippen LogP) is 17.8. The van der Waals surface area contributed by atoms with Crippen molar-refractivity contribution in [1.29, 1.82) is 21.0 Å². The maximum atomic E-state index is 13.9. The van der Waals surface area contributed by atoms with Crippen LogP contribution in [-0.2, 0) is 65.4 Å². The first kappa shape index (κ1) is 96.7. The molecule has 4 atom stereocenters. The number of anilines is 4. The lowest BCUT2D eigenvalue weighted by molar-refractivity contribution is -0.137. The minimum atomic E-state index is -4.63. The van der Waals surface area contributed by atoms with Crippen LogP contribution in [-0.4, -0.2) is 83.5 Å². The van der Waals surface area contributed by atoms with E-state index in [0.29, 0.717) is 98.5 Å². The number of sulfonamides is 4. The summed E-state index contributed by atoms with van der Waals surface area (Å²) in [5.41, 5.74) is 4.97. The highest BCUT2D eigenvalue weighted by Crippen LogP contribution is 2.45. The van der Waals surface area contributed by atoms with Crippen LogP contribution in [0, 0.1) is 51.1 Å². The third-order valence-corrected chi connectivity index (χ3v) is 26.5. The fourth-order valence-corrected chi connectivity index (χ4v) is 17.4. The van der Waals surface area contributed by atoms with Gasteiger partial charge in [-0.1, -0.05) is 94.9 Å². The van der Waals surface area contributed by atoms with E-state index in [0.717, 1.165) is 41.0 Å². The van der Waals surface area contributed by atoms with Crippen molar-refractivity contribution >= 4 is 133 Å². The number of amides is 4. The average Bonchev–Trinajstić information content (AvgIpc) is 1.71. The minimum Gasteiger partial charge on any atom is -0.456 e. The van der Waals surface area contributed by atoms with Gasteiger partial charge in [-0.2, -0.15) is 34.2 Å². The summed E-state index contributed by atoms with van der Waals surface area (Å²) < 4.78 is 168. The number of nitriles is 4. The Balaban J connectivity index is 0.000000151. The number of alkyl halides is 3. The molecule has 0 radical (unpaired) electrons. The number of nitrogens with two attached hydrogens (primary N) is 4. The molecule has 0 aliphatic carbocycles. The highest BCUT2D eigenvalue weighted by Gasteiger charge is 2.38. The number of benzene rings is 12. The van der Waals surface area contributed by atoms with E-state index in [9.17, 15) is 86.2 Å². The second-order valence-corrected chi connectivity index (χ2v) is 38.1. The van der Waals surface area contributed by atoms with Gasteiger partial charge in [0.25, 0.3) is 0 Å². The molecule has 4 amide bonds. The zero-order chi connectivity index (χ0) is 95.8. The second-order valence-electron chi connectivity index (χ2n) is 30.2. The number of hydrogen-bond acceptors (Lipinski definition) is 20. The van der Waals surface area contributed by atoms with Crippen molar-refractivity contribution < 1.29 is 89.4 Å². The molecule has 4 heterocycles. The number of hydrogen-bond donors (Lipinski definition) is 4. The maximum absolute atomic E-state index is 13.9. The normalized spacial score (nSPS) is 16.1. The van der Waals surface area contributed by atoms with E-state index in [4.69, 9.17) is 91.2 Å². The van der Waals surface area contributed by atoms with E-state index in [1.165, 1.54) is 102 Å². The SMILES string of the molecule is N#Cc1c(F)cccc1Oc1cc([C@H]2CC(=O)N(c3ccc(S(N)(=O)=O)cc3)C2)ccc1Cl.N#Cc1ccc(C(F)(F)F)cc1Oc1cc([C@H]2CC(=O)N(c3ccc(S(N)(=O)=O)cc3)C2)ccc1Cl.N#Cc1cccc(Oc2cc([C@H]3CC(=O)N(c4ccc(S(N)(=O)=O)cc4)C3)ccc2Cl)c1.N#Cc1ccccc1Oc1cc([C@H]2CC(=O)N(c3ccc(S(N)(=O)=O)cc3)C2)ccc1Cl. The monoisotopic (exact) mass is 1950 g/mol. The molecule has 0 saturated carbocycles. The lowest BCUT2D eigenvalue weighted by Crippen LogP contribution is -2.24. The first-order valence-electron chi connectivity index (χ1n) is 39.5. The molecule has 678 valence electrons. The molecule has 4 saturated heterocycles. The van der Waals surface area contributed by atoms with Crippen LogP contribution < -0.4 is 59.1 Å². The van der Waals surface area contributed by atoms with Crippen LogP contribution in [0.4, 0.5) is 40.3 Å². The molecule has 8 N–H and O–H groups in total. The van der Waals surface area contributed by atoms with E-state index in [1.54, 1.807) is 148 Å². The second kappa shape index (κ2) is 40.5. The third-order valence-electron chi connectivity index (χ3n) is 21.5. The van der Waals surface area contributed by atoms with Gasteiger partial charge in [0.05, 0.1) is 68.0 Å². The van der Waals surface area contributed by atoms with Crippen LogP contribution in [0.2, 0.25) is 20.1 Å². The van der Waals surface area contributed by atoms with Gasteiger partial charge >= 0.3 is 6.18 Å². The van der Waals surface area contributed by atoms with Crippen molar-refractivity contribution in [2.24, 2.45) is 20.6 Å². The number of nitrogens with zero attached hydrogens (tertiary/aromatic N) is 8. The fraction of sp³-hybridized carbons (Fsp3) is 0.140. The molecule has 28 nitrogen and oxygen atoms in total. The van der Waals surface area contributed by atoms with Crippen molar-refractivity contribution in [2.45, 2.75) is 75.1 Å². The zero-order valence-electron chi connectivity index (χ0n) is 68.8. The summed E-state index contributed by atoms with van der Waals surface area (Å²) in [6.07, 6.45) is -3.70. The predicted molar refractivity (Wildman–Crippen MR) is 486 cm³/mol. The highest BCUT2D eigenvalue weighted by atomic mass is 35.5. The van der Waals surface area contributed by atoms with Gasteiger partial charge in [-0.3, -0.25) is 19.2 Å². The number of primary sulfonamides is 4. The quantitative estimate of drug-likeness (QED) is 0.0515. The minimum absolute atomic E-state index is 0.00981. The Morgan fingerprint density at radius 2 is 0.647 bits per heavy atom. The van der Waals surface area contributed by atoms with Crippen molar-refractivity contribution in [3.05, 3.63) is 331 Å². The summed E-state index contributed by atoms with van der Waals surface area (Å²) in [4.78, 5) is 56.8. The van der Waals surface area contributed by atoms with Gasteiger partial charge in [0.15, 0.2) is 0 Å². The molecule has 4 fully saturated rings. The third kappa shape index (κ3) is 23.6. The van der Waals surface area contributed by atoms with Gasteiger partial charge < -0.3 is 38.5 Å². The van der Waals surface area contributed by atoms with E-state index in [2.05, 4.69) is 12.1 Å². The molecule has 0 aromatic heterocycles. The van der Waals surface area contributed by atoms with Crippen molar-refractivity contribution in [2.75, 3.05) is 45.8 Å². The molecule has 16 rings (SSSR count). The van der Waals surface area contributed by atoms with E-state index in [-0.39, 0.29) is 137 Å². The van der Waals surface area contributed by atoms with E-state index >= 15 is 0 Å². The first-order chi connectivity index (χ1) is 63.0. The number of para-hydroxylation sites is 1. The molecule has 12 aromatic carbocycles. The molecular weight excluding hydrogens is 1890 g/mol. The van der Waals surface area contributed by atoms with Crippen molar-refractivity contribution in [3.8, 4) is 70.3 Å². The summed E-state index contributed by atoms with van der Waals surface area (Å²) in [5, 5.41) is 58.5. The molecule has 4 aliphatic heterocycles. The first-order valence-corrected chi connectivity index (χ1v) is 47.2. The number of carbonyl (C=O) groups excluding carboxylic acids is 4. The Labute approximate surface area is 780 Å². The average molecular weight is 1960 g/mol. The molecule has 12 aromatic rings. The Kier molecular flexibility index (Phi) is 29.5. The van der Waals surface area contributed by atoms with Gasteiger partial charge in [0.1, 0.15) is 75.6 Å². The fourth-order valence-electron chi connectivity index (χ4n) is 14.7. The number of rotatable bonds is 20. The number of carbonyl (C=O) groups is 4. The zero-order valence-corrected chi connectivity index (χ0v) is 75.1. The molecule has 40 heteroatoms. The highest BCUT2D eigenvalue weighted by molar-refractivity contribution is 7.90. The molecule has 0 unspecified atom stereocenters. The van der Waals surface area contributed by atoms with E-state index < -0.39 is 57.7 Å². The summed E-state index contributed by atoms with van der Waals surface area (Å²) >= 11 is 25.1. The van der Waals surface area contributed by atoms with Crippen LogP contribution in [0.1, 0.15) is 99.4 Å². The smallest absolute Gasteiger partial charge is 0.416 e. The summed E-state index contributed by atoms with van der Waals surface area (Å²) in [5.74, 6) is -0.136. The number of ether oxygens (including phenoxy) is 4. The topological polar surface area (TPSA) is 454 Å².